The van der Waals surface area contributed by atoms with Crippen molar-refractivity contribution in [1.29, 1.82) is 0 Å². The predicted octanol–water partition coefficient (Wildman–Crippen LogP) is 1.04. The lowest BCUT2D eigenvalue weighted by Crippen LogP contribution is -2.43. The fraction of sp³-hybridized carbons (Fsp3) is 0.357. The first-order valence-electron chi connectivity index (χ1n) is 6.58. The van der Waals surface area contributed by atoms with E-state index in [4.69, 9.17) is 14.9 Å². The number of ether oxygens (including phenoxy) is 1. The lowest BCUT2D eigenvalue weighted by molar-refractivity contribution is -0.119. The second kappa shape index (κ2) is 4.85. The van der Waals surface area contributed by atoms with Gasteiger partial charge in [0.05, 0.1) is 5.69 Å². The molecule has 0 saturated heterocycles. The number of rotatable bonds is 1. The fourth-order valence-electron chi connectivity index (χ4n) is 2.34. The number of amides is 1. The molecular formula is C14H16N4O3. The number of carbonyl (C=O) groups is 1. The average molecular weight is 288 g/mol. The maximum absolute atomic E-state index is 12.1. The Morgan fingerprint density at radius 2 is 2.10 bits per heavy atom. The first kappa shape index (κ1) is 13.6. The Labute approximate surface area is 121 Å². The van der Waals surface area contributed by atoms with Crippen molar-refractivity contribution in [3.8, 4) is 17.2 Å². The normalized spacial score (nSPS) is 18.2. The summed E-state index contributed by atoms with van der Waals surface area (Å²) in [4.78, 5) is 13.6. The zero-order valence-electron chi connectivity index (χ0n) is 12.1. The number of nitrogens with two attached hydrogens (primary N) is 1. The van der Waals surface area contributed by atoms with Gasteiger partial charge >= 0.3 is 0 Å². The second-order valence-corrected chi connectivity index (χ2v) is 5.08. The number of fused-ring (bicyclic) bond motifs is 1. The van der Waals surface area contributed by atoms with Crippen molar-refractivity contribution in [1.82, 2.24) is 10.2 Å². The molecule has 2 heterocycles. The molecule has 0 radical (unpaired) electrons. The van der Waals surface area contributed by atoms with E-state index in [-0.39, 0.29) is 12.5 Å². The van der Waals surface area contributed by atoms with Gasteiger partial charge in [-0.05, 0) is 24.6 Å². The quantitative estimate of drug-likeness (QED) is 0.842. The summed E-state index contributed by atoms with van der Waals surface area (Å²) in [6.45, 7) is 3.79. The highest BCUT2D eigenvalue weighted by molar-refractivity contribution is 5.99. The standard InChI is InChI=1S/C14H16N4O3/c1-7-4-9(13-17-16-8(2)21-13)5-11-12(7)20-6-10(15)14(19)18(11)3/h4-5,10H,6,15H2,1-3H3/t10-/m0/s1. The largest absolute Gasteiger partial charge is 0.489 e. The summed E-state index contributed by atoms with van der Waals surface area (Å²) in [6.07, 6.45) is 0. The van der Waals surface area contributed by atoms with E-state index in [0.29, 0.717) is 23.2 Å². The number of aromatic nitrogens is 2. The van der Waals surface area contributed by atoms with Gasteiger partial charge in [0.15, 0.2) is 0 Å². The molecule has 1 atom stereocenters. The van der Waals surface area contributed by atoms with E-state index in [1.807, 2.05) is 13.0 Å². The van der Waals surface area contributed by atoms with Gasteiger partial charge in [0.1, 0.15) is 18.4 Å². The monoisotopic (exact) mass is 288 g/mol. The highest BCUT2D eigenvalue weighted by Gasteiger charge is 2.28. The minimum absolute atomic E-state index is 0.163. The Hall–Kier alpha value is -2.41. The Bertz CT molecular complexity index is 710. The Morgan fingerprint density at radius 3 is 2.76 bits per heavy atom. The maximum atomic E-state index is 12.1. The minimum atomic E-state index is -0.670. The zero-order chi connectivity index (χ0) is 15.1. The molecule has 0 aliphatic carbocycles. The lowest BCUT2D eigenvalue weighted by atomic mass is 10.1. The highest BCUT2D eigenvalue weighted by atomic mass is 16.5. The summed E-state index contributed by atoms with van der Waals surface area (Å²) in [5.41, 5.74) is 8.07. The van der Waals surface area contributed by atoms with Gasteiger partial charge in [0.2, 0.25) is 17.7 Å². The van der Waals surface area contributed by atoms with Gasteiger partial charge in [-0.15, -0.1) is 10.2 Å². The molecule has 0 bridgehead atoms. The van der Waals surface area contributed by atoms with Crippen LogP contribution in [0.5, 0.6) is 5.75 Å². The first-order chi connectivity index (χ1) is 9.97. The summed E-state index contributed by atoms with van der Waals surface area (Å²) in [5, 5.41) is 7.82. The summed E-state index contributed by atoms with van der Waals surface area (Å²) in [5.74, 6) is 1.36. The van der Waals surface area contributed by atoms with Gasteiger partial charge < -0.3 is 19.8 Å². The third-order valence-electron chi connectivity index (χ3n) is 3.44. The molecule has 0 saturated carbocycles. The molecule has 7 heteroatoms. The number of carbonyl (C=O) groups excluding carboxylic acids is 1. The molecule has 1 aliphatic heterocycles. The van der Waals surface area contributed by atoms with Crippen molar-refractivity contribution in [2.45, 2.75) is 19.9 Å². The van der Waals surface area contributed by atoms with Crippen LogP contribution in [0, 0.1) is 13.8 Å². The van der Waals surface area contributed by atoms with E-state index in [1.54, 1.807) is 20.0 Å². The van der Waals surface area contributed by atoms with Crippen LogP contribution in [0.3, 0.4) is 0 Å². The van der Waals surface area contributed by atoms with Crippen LogP contribution in [0.4, 0.5) is 5.69 Å². The molecule has 1 aromatic carbocycles. The smallest absolute Gasteiger partial charge is 0.247 e. The van der Waals surface area contributed by atoms with Crippen LogP contribution in [-0.4, -0.2) is 35.8 Å². The van der Waals surface area contributed by atoms with E-state index in [2.05, 4.69) is 10.2 Å². The Balaban J connectivity index is 2.14. The molecule has 7 nitrogen and oxygen atoms in total. The van der Waals surface area contributed by atoms with Crippen LogP contribution in [0.1, 0.15) is 11.5 Å². The number of nitrogens with zero attached hydrogens (tertiary/aromatic N) is 3. The molecule has 0 spiro atoms. The van der Waals surface area contributed by atoms with Gasteiger partial charge in [-0.2, -0.15) is 0 Å². The van der Waals surface area contributed by atoms with E-state index in [0.717, 1.165) is 11.1 Å². The maximum Gasteiger partial charge on any atom is 0.247 e. The third-order valence-corrected chi connectivity index (χ3v) is 3.44. The average Bonchev–Trinajstić information content (AvgIpc) is 2.85. The molecule has 1 aromatic heterocycles. The number of benzene rings is 1. The molecule has 3 rings (SSSR count). The number of anilines is 1. The second-order valence-electron chi connectivity index (χ2n) is 5.08. The third kappa shape index (κ3) is 2.25. The summed E-state index contributed by atoms with van der Waals surface area (Å²) in [6, 6.07) is 3.02. The number of hydrogen-bond acceptors (Lipinski definition) is 6. The van der Waals surface area contributed by atoms with Gasteiger partial charge in [-0.1, -0.05) is 0 Å². The van der Waals surface area contributed by atoms with E-state index >= 15 is 0 Å². The van der Waals surface area contributed by atoms with Crippen molar-refractivity contribution >= 4 is 11.6 Å². The summed E-state index contributed by atoms with van der Waals surface area (Å²) < 4.78 is 11.1. The summed E-state index contributed by atoms with van der Waals surface area (Å²) >= 11 is 0. The molecule has 2 N–H and O–H groups in total. The van der Waals surface area contributed by atoms with E-state index < -0.39 is 6.04 Å². The first-order valence-corrected chi connectivity index (χ1v) is 6.58. The van der Waals surface area contributed by atoms with Gasteiger partial charge in [-0.25, -0.2) is 0 Å². The molecule has 0 unspecified atom stereocenters. The molecule has 0 fully saturated rings. The van der Waals surface area contributed by atoms with Crippen molar-refractivity contribution in [3.63, 3.8) is 0 Å². The molecule has 1 amide bonds. The SMILES string of the molecule is Cc1nnc(-c2cc(C)c3c(c2)N(C)C(=O)[C@@H](N)CO3)o1. The van der Waals surface area contributed by atoms with Crippen LogP contribution >= 0.6 is 0 Å². The van der Waals surface area contributed by atoms with Crippen LogP contribution in [0.15, 0.2) is 16.5 Å². The van der Waals surface area contributed by atoms with Crippen molar-refractivity contribution in [2.75, 3.05) is 18.6 Å². The Morgan fingerprint density at radius 1 is 1.33 bits per heavy atom. The molecule has 21 heavy (non-hydrogen) atoms. The number of likely N-dealkylation sites (N-methyl/N-ethyl adjacent to an activating group) is 1. The van der Waals surface area contributed by atoms with Crippen molar-refractivity contribution in [3.05, 3.63) is 23.6 Å². The van der Waals surface area contributed by atoms with Crippen LogP contribution in [0.2, 0.25) is 0 Å². The molecule has 110 valence electrons. The van der Waals surface area contributed by atoms with Crippen molar-refractivity contribution in [2.24, 2.45) is 5.73 Å². The van der Waals surface area contributed by atoms with Crippen LogP contribution in [-0.2, 0) is 4.79 Å². The number of hydrogen-bond donors (Lipinski definition) is 1. The van der Waals surface area contributed by atoms with Crippen molar-refractivity contribution < 1.29 is 13.9 Å². The van der Waals surface area contributed by atoms with Crippen LogP contribution < -0.4 is 15.4 Å². The lowest BCUT2D eigenvalue weighted by Gasteiger charge is -2.19. The van der Waals surface area contributed by atoms with Gasteiger partial charge in [0, 0.05) is 19.5 Å². The summed E-state index contributed by atoms with van der Waals surface area (Å²) in [7, 11) is 1.68. The molecular weight excluding hydrogens is 272 g/mol. The number of aryl methyl sites for hydroxylation is 2. The predicted molar refractivity (Wildman–Crippen MR) is 76.1 cm³/mol. The minimum Gasteiger partial charge on any atom is -0.489 e. The van der Waals surface area contributed by atoms with Gasteiger partial charge in [0.25, 0.3) is 0 Å². The highest BCUT2D eigenvalue weighted by Crippen LogP contribution is 2.37. The van der Waals surface area contributed by atoms with Gasteiger partial charge in [-0.3, -0.25) is 4.79 Å². The molecule has 2 aromatic rings. The zero-order valence-corrected chi connectivity index (χ0v) is 12.1. The molecule has 1 aliphatic rings. The van der Waals surface area contributed by atoms with Crippen LogP contribution in [0.25, 0.3) is 11.5 Å². The topological polar surface area (TPSA) is 94.5 Å². The van der Waals surface area contributed by atoms with E-state index in [1.165, 1.54) is 4.90 Å². The fourth-order valence-corrected chi connectivity index (χ4v) is 2.34. The van der Waals surface area contributed by atoms with E-state index in [9.17, 15) is 4.79 Å². The Kier molecular flexibility index (Phi) is 3.13.